The van der Waals surface area contributed by atoms with Crippen molar-refractivity contribution in [1.29, 1.82) is 0 Å². The van der Waals surface area contributed by atoms with Gasteiger partial charge in [0.05, 0.1) is 5.69 Å². The average Bonchev–Trinajstić information content (AvgIpc) is 3.30. The molecule has 0 aliphatic carbocycles. The normalized spacial score (nSPS) is 21.1. The molecule has 0 bridgehead atoms. The minimum absolute atomic E-state index is 0.0697. The summed E-state index contributed by atoms with van der Waals surface area (Å²) in [7, 11) is 0. The van der Waals surface area contributed by atoms with E-state index >= 15 is 0 Å². The van der Waals surface area contributed by atoms with Crippen molar-refractivity contribution < 1.29 is 4.74 Å². The summed E-state index contributed by atoms with van der Waals surface area (Å²) < 4.78 is 8.10. The molecule has 3 heterocycles. The van der Waals surface area contributed by atoms with Crippen molar-refractivity contribution in [1.82, 2.24) is 20.1 Å². The number of fused-ring (bicyclic) bond motifs is 1. The zero-order chi connectivity index (χ0) is 16.5. The van der Waals surface area contributed by atoms with E-state index in [1.807, 2.05) is 12.4 Å². The molecule has 2 N–H and O–H groups in total. The van der Waals surface area contributed by atoms with Crippen LogP contribution in [0, 0.1) is 0 Å². The lowest BCUT2D eigenvalue weighted by atomic mass is 10.1. The van der Waals surface area contributed by atoms with Gasteiger partial charge in [0.25, 0.3) is 0 Å². The fraction of sp³-hybridized carbons (Fsp3) is 0.421. The maximum atomic E-state index is 6.03. The SMILES string of the molecule is CC(C)n1nccc1[C@H]1OCC[C@@H]1NCc1cccc2[nH]ccc12. The standard InChI is InChI=1S/C19H24N4O/c1-13(2)23-18(7-10-22-23)19-17(8-11-24-19)21-12-14-4-3-5-16-15(14)6-9-20-16/h3-7,9-10,13,17,19-21H,8,11-12H2,1-2H3/t17-,19-/m0/s1. The van der Waals surface area contributed by atoms with Gasteiger partial charge >= 0.3 is 0 Å². The van der Waals surface area contributed by atoms with Gasteiger partial charge in [-0.3, -0.25) is 4.68 Å². The molecule has 1 fully saturated rings. The Hall–Kier alpha value is -2.11. The van der Waals surface area contributed by atoms with Gasteiger partial charge < -0.3 is 15.0 Å². The maximum Gasteiger partial charge on any atom is 0.114 e. The number of aromatic amines is 1. The van der Waals surface area contributed by atoms with Gasteiger partial charge in [-0.05, 0) is 44.0 Å². The first-order valence-electron chi connectivity index (χ1n) is 8.67. The van der Waals surface area contributed by atoms with Crippen LogP contribution in [0.2, 0.25) is 0 Å². The van der Waals surface area contributed by atoms with Crippen molar-refractivity contribution in [2.75, 3.05) is 6.61 Å². The molecule has 126 valence electrons. The second-order valence-electron chi connectivity index (χ2n) is 6.72. The molecule has 24 heavy (non-hydrogen) atoms. The molecule has 1 aliphatic heterocycles. The Balaban J connectivity index is 1.51. The zero-order valence-corrected chi connectivity index (χ0v) is 14.2. The molecular formula is C19H24N4O. The number of aromatic nitrogens is 3. The predicted octanol–water partition coefficient (Wildman–Crippen LogP) is 3.57. The molecule has 0 radical (unpaired) electrons. The summed E-state index contributed by atoms with van der Waals surface area (Å²) in [5, 5.41) is 9.44. The molecule has 1 aliphatic rings. The summed E-state index contributed by atoms with van der Waals surface area (Å²) in [5.74, 6) is 0. The van der Waals surface area contributed by atoms with E-state index < -0.39 is 0 Å². The summed E-state index contributed by atoms with van der Waals surface area (Å²) in [6, 6.07) is 11.3. The molecule has 0 amide bonds. The van der Waals surface area contributed by atoms with E-state index in [1.54, 1.807) is 0 Å². The number of nitrogens with one attached hydrogen (secondary N) is 2. The highest BCUT2D eigenvalue weighted by Gasteiger charge is 2.32. The number of rotatable bonds is 5. The van der Waals surface area contributed by atoms with Crippen molar-refractivity contribution in [2.45, 2.75) is 45.0 Å². The van der Waals surface area contributed by atoms with Crippen molar-refractivity contribution in [3.8, 4) is 0 Å². The summed E-state index contributed by atoms with van der Waals surface area (Å²) in [6.07, 6.45) is 4.96. The third-order valence-corrected chi connectivity index (χ3v) is 4.81. The molecule has 1 aromatic carbocycles. The summed E-state index contributed by atoms with van der Waals surface area (Å²) >= 11 is 0. The number of benzene rings is 1. The van der Waals surface area contributed by atoms with Gasteiger partial charge in [-0.25, -0.2) is 0 Å². The first kappa shape index (κ1) is 15.4. The fourth-order valence-electron chi connectivity index (χ4n) is 3.62. The van der Waals surface area contributed by atoms with Crippen molar-refractivity contribution >= 4 is 10.9 Å². The van der Waals surface area contributed by atoms with Crippen molar-refractivity contribution in [3.05, 3.63) is 54.0 Å². The lowest BCUT2D eigenvalue weighted by Crippen LogP contribution is -2.32. The third-order valence-electron chi connectivity index (χ3n) is 4.81. The molecule has 3 aromatic rings. The quantitative estimate of drug-likeness (QED) is 0.754. The van der Waals surface area contributed by atoms with Crippen LogP contribution in [0.3, 0.4) is 0 Å². The average molecular weight is 324 g/mol. The highest BCUT2D eigenvalue weighted by Crippen LogP contribution is 2.30. The van der Waals surface area contributed by atoms with E-state index in [0.717, 1.165) is 19.6 Å². The molecule has 2 aromatic heterocycles. The van der Waals surface area contributed by atoms with Gasteiger partial charge in [0.2, 0.25) is 0 Å². The highest BCUT2D eigenvalue weighted by atomic mass is 16.5. The minimum Gasteiger partial charge on any atom is -0.370 e. The fourth-order valence-corrected chi connectivity index (χ4v) is 3.62. The topological polar surface area (TPSA) is 54.9 Å². The van der Waals surface area contributed by atoms with Crippen LogP contribution in [0.1, 0.15) is 43.7 Å². The van der Waals surface area contributed by atoms with E-state index in [0.29, 0.717) is 12.1 Å². The first-order chi connectivity index (χ1) is 11.7. The second-order valence-corrected chi connectivity index (χ2v) is 6.72. The smallest absolute Gasteiger partial charge is 0.114 e. The Morgan fingerprint density at radius 1 is 1.33 bits per heavy atom. The Labute approximate surface area is 142 Å². The largest absolute Gasteiger partial charge is 0.370 e. The van der Waals surface area contributed by atoms with Crippen LogP contribution in [0.5, 0.6) is 0 Å². The number of ether oxygens (including phenoxy) is 1. The van der Waals surface area contributed by atoms with E-state index in [-0.39, 0.29) is 6.10 Å². The Bertz CT molecular complexity index is 820. The van der Waals surface area contributed by atoms with Gasteiger partial charge in [0.1, 0.15) is 6.10 Å². The van der Waals surface area contributed by atoms with Crippen LogP contribution in [0.4, 0.5) is 0 Å². The van der Waals surface area contributed by atoms with E-state index in [1.165, 1.54) is 22.2 Å². The van der Waals surface area contributed by atoms with Gasteiger partial charge in [-0.2, -0.15) is 5.10 Å². The molecule has 4 rings (SSSR count). The Morgan fingerprint density at radius 2 is 2.25 bits per heavy atom. The summed E-state index contributed by atoms with van der Waals surface area (Å²) in [5.41, 5.74) is 3.67. The number of hydrogen-bond acceptors (Lipinski definition) is 3. The van der Waals surface area contributed by atoms with E-state index in [9.17, 15) is 0 Å². The molecule has 5 heteroatoms. The Kier molecular flexibility index (Phi) is 4.12. The van der Waals surface area contributed by atoms with Gasteiger partial charge in [0, 0.05) is 48.5 Å². The molecule has 2 atom stereocenters. The molecular weight excluding hydrogens is 300 g/mol. The summed E-state index contributed by atoms with van der Waals surface area (Å²) in [6.45, 7) is 5.94. The van der Waals surface area contributed by atoms with Crippen LogP contribution in [-0.2, 0) is 11.3 Å². The number of hydrogen-bond donors (Lipinski definition) is 2. The Morgan fingerprint density at radius 3 is 3.12 bits per heavy atom. The van der Waals surface area contributed by atoms with Crippen LogP contribution < -0.4 is 5.32 Å². The molecule has 5 nitrogen and oxygen atoms in total. The second kappa shape index (κ2) is 6.42. The highest BCUT2D eigenvalue weighted by molar-refractivity contribution is 5.82. The lowest BCUT2D eigenvalue weighted by Gasteiger charge is -2.22. The molecule has 0 spiro atoms. The maximum absolute atomic E-state index is 6.03. The zero-order valence-electron chi connectivity index (χ0n) is 14.2. The number of nitrogens with zero attached hydrogens (tertiary/aromatic N) is 2. The third kappa shape index (κ3) is 2.74. The molecule has 0 unspecified atom stereocenters. The first-order valence-corrected chi connectivity index (χ1v) is 8.67. The minimum atomic E-state index is 0.0697. The van der Waals surface area contributed by atoms with Crippen LogP contribution >= 0.6 is 0 Å². The molecule has 0 saturated carbocycles. The van der Waals surface area contributed by atoms with Crippen LogP contribution in [0.15, 0.2) is 42.7 Å². The van der Waals surface area contributed by atoms with E-state index in [4.69, 9.17) is 4.74 Å². The summed E-state index contributed by atoms with van der Waals surface area (Å²) in [4.78, 5) is 3.27. The predicted molar refractivity (Wildman–Crippen MR) is 94.8 cm³/mol. The van der Waals surface area contributed by atoms with E-state index in [2.05, 4.69) is 64.3 Å². The van der Waals surface area contributed by atoms with Crippen LogP contribution in [-0.4, -0.2) is 27.4 Å². The van der Waals surface area contributed by atoms with Gasteiger partial charge in [-0.1, -0.05) is 12.1 Å². The van der Waals surface area contributed by atoms with Crippen LogP contribution in [0.25, 0.3) is 10.9 Å². The lowest BCUT2D eigenvalue weighted by molar-refractivity contribution is 0.0899. The number of H-pyrrole nitrogens is 1. The molecule has 1 saturated heterocycles. The van der Waals surface area contributed by atoms with Gasteiger partial charge in [-0.15, -0.1) is 0 Å². The van der Waals surface area contributed by atoms with Crippen molar-refractivity contribution in [3.63, 3.8) is 0 Å². The van der Waals surface area contributed by atoms with Crippen molar-refractivity contribution in [2.24, 2.45) is 0 Å². The van der Waals surface area contributed by atoms with Gasteiger partial charge in [0.15, 0.2) is 0 Å². The monoisotopic (exact) mass is 324 g/mol.